The van der Waals surface area contributed by atoms with Gasteiger partial charge in [0, 0.05) is 11.6 Å². The van der Waals surface area contributed by atoms with Crippen LogP contribution in [0.1, 0.15) is 17.2 Å². The molecule has 0 radical (unpaired) electrons. The number of hydrogen-bond donors (Lipinski definition) is 1. The molecule has 2 aromatic rings. The van der Waals surface area contributed by atoms with Crippen LogP contribution in [0.15, 0.2) is 48.5 Å². The smallest absolute Gasteiger partial charge is 0.224 e. The summed E-state index contributed by atoms with van der Waals surface area (Å²) in [6.07, 6.45) is 0.343. The first-order valence-corrected chi connectivity index (χ1v) is 8.19. The van der Waals surface area contributed by atoms with E-state index >= 15 is 0 Å². The van der Waals surface area contributed by atoms with Crippen molar-refractivity contribution < 1.29 is 9.53 Å². The predicted octanol–water partition coefficient (Wildman–Crippen LogP) is 3.31. The fraction of sp³-hybridized carbons (Fsp3) is 0.316. The lowest BCUT2D eigenvalue weighted by Gasteiger charge is -2.25. The Morgan fingerprint density at radius 1 is 1.21 bits per heavy atom. The van der Waals surface area contributed by atoms with E-state index in [4.69, 9.17) is 16.3 Å². The highest BCUT2D eigenvalue weighted by Crippen LogP contribution is 2.22. The fourth-order valence-corrected chi connectivity index (χ4v) is 2.63. The molecule has 1 atom stereocenters. The van der Waals surface area contributed by atoms with E-state index in [2.05, 4.69) is 10.2 Å². The Morgan fingerprint density at radius 2 is 1.92 bits per heavy atom. The largest absolute Gasteiger partial charge is 0.497 e. The van der Waals surface area contributed by atoms with E-state index in [-0.39, 0.29) is 11.9 Å². The SMILES string of the molecule is COc1cccc(C(CNC(=O)Cc2ccc(Cl)cc2)N(C)C)c1. The van der Waals surface area contributed by atoms with Crippen LogP contribution in [0.2, 0.25) is 5.02 Å². The Labute approximate surface area is 148 Å². The van der Waals surface area contributed by atoms with Crippen LogP contribution in [0.25, 0.3) is 0 Å². The number of nitrogens with one attached hydrogen (secondary N) is 1. The van der Waals surface area contributed by atoms with E-state index in [1.807, 2.05) is 50.5 Å². The van der Waals surface area contributed by atoms with Crippen LogP contribution in [0, 0.1) is 0 Å². The van der Waals surface area contributed by atoms with Gasteiger partial charge < -0.3 is 15.0 Å². The highest BCUT2D eigenvalue weighted by atomic mass is 35.5. The van der Waals surface area contributed by atoms with Gasteiger partial charge in [0.1, 0.15) is 5.75 Å². The Kier molecular flexibility index (Phi) is 6.64. The highest BCUT2D eigenvalue weighted by Gasteiger charge is 2.16. The molecule has 2 aromatic carbocycles. The predicted molar refractivity (Wildman–Crippen MR) is 97.6 cm³/mol. The molecular formula is C19H23ClN2O2. The van der Waals surface area contributed by atoms with Gasteiger partial charge in [0.15, 0.2) is 0 Å². The van der Waals surface area contributed by atoms with Crippen molar-refractivity contribution in [1.29, 1.82) is 0 Å². The number of amides is 1. The molecule has 24 heavy (non-hydrogen) atoms. The normalized spacial score (nSPS) is 12.0. The van der Waals surface area contributed by atoms with Gasteiger partial charge in [0.2, 0.25) is 5.91 Å². The number of hydrogen-bond acceptors (Lipinski definition) is 3. The number of carbonyl (C=O) groups is 1. The summed E-state index contributed by atoms with van der Waals surface area (Å²) in [5.41, 5.74) is 2.05. The van der Waals surface area contributed by atoms with Gasteiger partial charge in [-0.3, -0.25) is 4.79 Å². The van der Waals surface area contributed by atoms with Crippen LogP contribution >= 0.6 is 11.6 Å². The Balaban J connectivity index is 1.98. The van der Waals surface area contributed by atoms with Crippen LogP contribution in [0.4, 0.5) is 0 Å². The number of likely N-dealkylation sites (N-methyl/N-ethyl adjacent to an activating group) is 1. The molecule has 128 valence electrons. The number of carbonyl (C=O) groups excluding carboxylic acids is 1. The van der Waals surface area contributed by atoms with Crippen molar-refractivity contribution in [1.82, 2.24) is 10.2 Å². The Hall–Kier alpha value is -2.04. The third-order valence-electron chi connectivity index (χ3n) is 3.87. The monoisotopic (exact) mass is 346 g/mol. The van der Waals surface area contributed by atoms with Crippen molar-refractivity contribution in [2.75, 3.05) is 27.7 Å². The molecule has 5 heteroatoms. The number of benzene rings is 2. The zero-order valence-electron chi connectivity index (χ0n) is 14.3. The quantitative estimate of drug-likeness (QED) is 0.836. The molecule has 0 aliphatic rings. The summed E-state index contributed by atoms with van der Waals surface area (Å²) in [6.45, 7) is 0.534. The van der Waals surface area contributed by atoms with Crippen LogP contribution in [0.5, 0.6) is 5.75 Å². The number of rotatable bonds is 7. The van der Waals surface area contributed by atoms with Crippen molar-refractivity contribution >= 4 is 17.5 Å². The molecule has 4 nitrogen and oxygen atoms in total. The average molecular weight is 347 g/mol. The minimum absolute atomic E-state index is 0.00734. The van der Waals surface area contributed by atoms with Gasteiger partial charge in [-0.1, -0.05) is 35.9 Å². The van der Waals surface area contributed by atoms with Crippen molar-refractivity contribution in [3.05, 3.63) is 64.7 Å². The van der Waals surface area contributed by atoms with Crippen LogP contribution < -0.4 is 10.1 Å². The molecule has 2 rings (SSSR count). The first-order chi connectivity index (χ1) is 11.5. The van der Waals surface area contributed by atoms with Crippen LogP contribution in [-0.4, -0.2) is 38.6 Å². The number of ether oxygens (including phenoxy) is 1. The summed E-state index contributed by atoms with van der Waals surface area (Å²) in [4.78, 5) is 14.3. The molecule has 1 amide bonds. The minimum atomic E-state index is -0.00734. The maximum Gasteiger partial charge on any atom is 0.224 e. The minimum Gasteiger partial charge on any atom is -0.497 e. The first kappa shape index (κ1) is 18.3. The van der Waals surface area contributed by atoms with Crippen molar-refractivity contribution in [3.8, 4) is 5.75 Å². The van der Waals surface area contributed by atoms with E-state index in [1.54, 1.807) is 19.2 Å². The number of halogens is 1. The van der Waals surface area contributed by atoms with Crippen molar-refractivity contribution in [3.63, 3.8) is 0 Å². The first-order valence-electron chi connectivity index (χ1n) is 7.81. The lowest BCUT2D eigenvalue weighted by Crippen LogP contribution is -2.35. The Morgan fingerprint density at radius 3 is 2.54 bits per heavy atom. The summed E-state index contributed by atoms with van der Waals surface area (Å²) in [5, 5.41) is 3.68. The highest BCUT2D eigenvalue weighted by molar-refractivity contribution is 6.30. The Bertz CT molecular complexity index is 671. The topological polar surface area (TPSA) is 41.6 Å². The average Bonchev–Trinajstić information content (AvgIpc) is 2.57. The zero-order valence-corrected chi connectivity index (χ0v) is 15.0. The van der Waals surface area contributed by atoms with Crippen molar-refractivity contribution in [2.24, 2.45) is 0 Å². The van der Waals surface area contributed by atoms with Crippen molar-refractivity contribution in [2.45, 2.75) is 12.5 Å². The zero-order chi connectivity index (χ0) is 17.5. The molecule has 0 aliphatic carbocycles. The molecule has 0 aliphatic heterocycles. The van der Waals surface area contributed by atoms with Crippen LogP contribution in [0.3, 0.4) is 0 Å². The molecule has 1 N–H and O–H groups in total. The maximum atomic E-state index is 12.2. The second-order valence-electron chi connectivity index (χ2n) is 5.86. The van der Waals surface area contributed by atoms with Gasteiger partial charge in [0.25, 0.3) is 0 Å². The summed E-state index contributed by atoms with van der Waals surface area (Å²) in [7, 11) is 5.64. The summed E-state index contributed by atoms with van der Waals surface area (Å²) in [5.74, 6) is 0.805. The van der Waals surface area contributed by atoms with E-state index in [1.165, 1.54) is 0 Å². The van der Waals surface area contributed by atoms with E-state index in [0.29, 0.717) is 18.0 Å². The standard InChI is InChI=1S/C19H23ClN2O2/c1-22(2)18(15-5-4-6-17(12-15)24-3)13-21-19(23)11-14-7-9-16(20)10-8-14/h4-10,12,18H,11,13H2,1-3H3,(H,21,23). The molecule has 0 heterocycles. The molecule has 0 aromatic heterocycles. The van der Waals surface area contributed by atoms with Gasteiger partial charge in [-0.15, -0.1) is 0 Å². The molecule has 0 fully saturated rings. The van der Waals surface area contributed by atoms with E-state index in [0.717, 1.165) is 16.9 Å². The van der Waals surface area contributed by atoms with Gasteiger partial charge in [-0.05, 0) is 49.5 Å². The third kappa shape index (κ3) is 5.25. The molecule has 0 bridgehead atoms. The molecule has 1 unspecified atom stereocenters. The second kappa shape index (κ2) is 8.71. The number of methoxy groups -OCH3 is 1. The van der Waals surface area contributed by atoms with Gasteiger partial charge >= 0.3 is 0 Å². The maximum absolute atomic E-state index is 12.2. The molecular weight excluding hydrogens is 324 g/mol. The lowest BCUT2D eigenvalue weighted by molar-refractivity contribution is -0.120. The molecule has 0 spiro atoms. The third-order valence-corrected chi connectivity index (χ3v) is 4.12. The van der Waals surface area contributed by atoms with Gasteiger partial charge in [0.05, 0.1) is 19.6 Å². The molecule has 0 saturated heterocycles. The van der Waals surface area contributed by atoms with E-state index in [9.17, 15) is 4.79 Å². The number of nitrogens with zero attached hydrogens (tertiary/aromatic N) is 1. The van der Waals surface area contributed by atoms with Crippen LogP contribution in [-0.2, 0) is 11.2 Å². The molecule has 0 saturated carbocycles. The second-order valence-corrected chi connectivity index (χ2v) is 6.30. The van der Waals surface area contributed by atoms with E-state index < -0.39 is 0 Å². The van der Waals surface area contributed by atoms with Gasteiger partial charge in [-0.25, -0.2) is 0 Å². The summed E-state index contributed by atoms with van der Waals surface area (Å²) < 4.78 is 5.28. The summed E-state index contributed by atoms with van der Waals surface area (Å²) in [6, 6.07) is 15.3. The fourth-order valence-electron chi connectivity index (χ4n) is 2.51. The summed E-state index contributed by atoms with van der Waals surface area (Å²) >= 11 is 5.86. The van der Waals surface area contributed by atoms with Gasteiger partial charge in [-0.2, -0.15) is 0 Å². The lowest BCUT2D eigenvalue weighted by atomic mass is 10.1.